The number of unbranched alkanes of at least 4 members (excludes halogenated alkanes) is 10. The molecule has 1 N–H and O–H groups in total. The summed E-state index contributed by atoms with van der Waals surface area (Å²) in [5, 5.41) is 2.86. The van der Waals surface area contributed by atoms with E-state index in [0.717, 1.165) is 31.4 Å². The molecule has 0 aliphatic heterocycles. The smallest absolute Gasteiger partial charge is 0.343 e. The monoisotopic (exact) mass is 693 g/mol. The van der Waals surface area contributed by atoms with E-state index in [1.165, 1.54) is 75.6 Å². The molecule has 8 heteroatoms. The van der Waals surface area contributed by atoms with E-state index < -0.39 is 11.9 Å². The van der Waals surface area contributed by atoms with Crippen LogP contribution in [-0.4, -0.2) is 31.1 Å². The third kappa shape index (κ3) is 14.0. The molecule has 0 bridgehead atoms. The van der Waals surface area contributed by atoms with Crippen LogP contribution in [0.4, 0.5) is 5.69 Å². The second kappa shape index (κ2) is 21.9. The van der Waals surface area contributed by atoms with E-state index in [-0.39, 0.29) is 17.2 Å². The lowest BCUT2D eigenvalue weighted by atomic mass is 10.1. The SMILES string of the molecule is CCCCCCCCCCCCOc1ccc(C(=O)Oc2ccc(C(=O)Oc3ccc(C(=O)Nc4cccc(OCCCC)c4)cc3)cc2)cc1. The van der Waals surface area contributed by atoms with Gasteiger partial charge in [-0.2, -0.15) is 0 Å². The Morgan fingerprint density at radius 2 is 0.922 bits per heavy atom. The molecule has 0 fully saturated rings. The summed E-state index contributed by atoms with van der Waals surface area (Å²) >= 11 is 0. The summed E-state index contributed by atoms with van der Waals surface area (Å²) in [6.07, 6.45) is 14.7. The Labute approximate surface area is 302 Å². The van der Waals surface area contributed by atoms with Crippen LogP contribution >= 0.6 is 0 Å². The van der Waals surface area contributed by atoms with Crippen molar-refractivity contribution in [2.45, 2.75) is 90.9 Å². The van der Waals surface area contributed by atoms with Crippen LogP contribution < -0.4 is 24.3 Å². The zero-order chi connectivity index (χ0) is 36.1. The summed E-state index contributed by atoms with van der Waals surface area (Å²) in [6.45, 7) is 5.62. The van der Waals surface area contributed by atoms with Crippen molar-refractivity contribution in [1.82, 2.24) is 0 Å². The first-order valence-corrected chi connectivity index (χ1v) is 18.4. The van der Waals surface area contributed by atoms with Gasteiger partial charge in [0, 0.05) is 17.3 Å². The normalized spacial score (nSPS) is 10.7. The summed E-state index contributed by atoms with van der Waals surface area (Å²) < 4.78 is 22.5. The van der Waals surface area contributed by atoms with Crippen LogP contribution in [0.1, 0.15) is 122 Å². The van der Waals surface area contributed by atoms with Gasteiger partial charge in [0.05, 0.1) is 24.3 Å². The van der Waals surface area contributed by atoms with Gasteiger partial charge >= 0.3 is 11.9 Å². The highest BCUT2D eigenvalue weighted by atomic mass is 16.5. The Morgan fingerprint density at radius 3 is 1.47 bits per heavy atom. The van der Waals surface area contributed by atoms with Crippen LogP contribution in [0.2, 0.25) is 0 Å². The highest BCUT2D eigenvalue weighted by molar-refractivity contribution is 6.04. The average molecular weight is 694 g/mol. The maximum Gasteiger partial charge on any atom is 0.343 e. The zero-order valence-electron chi connectivity index (χ0n) is 30.0. The van der Waals surface area contributed by atoms with Gasteiger partial charge in [0.15, 0.2) is 0 Å². The molecular formula is C43H51NO7. The fraction of sp³-hybridized carbons (Fsp3) is 0.372. The molecule has 0 unspecified atom stereocenters. The van der Waals surface area contributed by atoms with E-state index in [9.17, 15) is 14.4 Å². The number of hydrogen-bond acceptors (Lipinski definition) is 7. The second-order valence-electron chi connectivity index (χ2n) is 12.6. The third-order valence-electron chi connectivity index (χ3n) is 8.34. The van der Waals surface area contributed by atoms with Crippen molar-refractivity contribution in [3.63, 3.8) is 0 Å². The zero-order valence-corrected chi connectivity index (χ0v) is 30.0. The molecule has 0 saturated carbocycles. The van der Waals surface area contributed by atoms with Crippen molar-refractivity contribution in [2.24, 2.45) is 0 Å². The minimum atomic E-state index is -0.585. The molecule has 0 aliphatic rings. The molecule has 0 aliphatic carbocycles. The Bertz CT molecular complexity index is 1630. The number of amides is 1. The number of nitrogens with one attached hydrogen (secondary N) is 1. The first-order chi connectivity index (χ1) is 24.9. The molecule has 270 valence electrons. The Kier molecular flexibility index (Phi) is 16.6. The maximum atomic E-state index is 12.8. The summed E-state index contributed by atoms with van der Waals surface area (Å²) in [6, 6.07) is 26.6. The van der Waals surface area contributed by atoms with Crippen LogP contribution in [0.15, 0.2) is 97.1 Å². The average Bonchev–Trinajstić information content (AvgIpc) is 3.15. The number of carbonyl (C=O) groups is 3. The van der Waals surface area contributed by atoms with Crippen molar-refractivity contribution >= 4 is 23.5 Å². The lowest BCUT2D eigenvalue weighted by Gasteiger charge is -2.10. The second-order valence-corrected chi connectivity index (χ2v) is 12.6. The highest BCUT2D eigenvalue weighted by Crippen LogP contribution is 2.22. The minimum Gasteiger partial charge on any atom is -0.494 e. The number of hydrogen-bond donors (Lipinski definition) is 1. The Morgan fingerprint density at radius 1 is 0.471 bits per heavy atom. The number of carbonyl (C=O) groups excluding carboxylic acids is 3. The minimum absolute atomic E-state index is 0.279. The van der Waals surface area contributed by atoms with E-state index in [2.05, 4.69) is 19.2 Å². The maximum absolute atomic E-state index is 12.8. The molecular weight excluding hydrogens is 642 g/mol. The fourth-order valence-electron chi connectivity index (χ4n) is 5.33. The van der Waals surface area contributed by atoms with Crippen molar-refractivity contribution < 1.29 is 33.3 Å². The predicted molar refractivity (Wildman–Crippen MR) is 201 cm³/mol. The first-order valence-electron chi connectivity index (χ1n) is 18.4. The first kappa shape index (κ1) is 38.7. The van der Waals surface area contributed by atoms with Gasteiger partial charge in [-0.3, -0.25) is 4.79 Å². The predicted octanol–water partition coefficient (Wildman–Crippen LogP) is 10.9. The Balaban J connectivity index is 1.16. The summed E-state index contributed by atoms with van der Waals surface area (Å²) in [7, 11) is 0. The lowest BCUT2D eigenvalue weighted by Crippen LogP contribution is -2.12. The van der Waals surface area contributed by atoms with Crippen molar-refractivity contribution in [1.29, 1.82) is 0 Å². The van der Waals surface area contributed by atoms with E-state index in [1.807, 2.05) is 12.1 Å². The molecule has 0 aromatic heterocycles. The molecule has 4 rings (SSSR count). The van der Waals surface area contributed by atoms with Crippen LogP contribution in [0.3, 0.4) is 0 Å². The van der Waals surface area contributed by atoms with Gasteiger partial charge in [-0.15, -0.1) is 0 Å². The molecule has 1 amide bonds. The van der Waals surface area contributed by atoms with E-state index in [4.69, 9.17) is 18.9 Å². The van der Waals surface area contributed by atoms with Gasteiger partial charge in [-0.25, -0.2) is 9.59 Å². The topological polar surface area (TPSA) is 100 Å². The van der Waals surface area contributed by atoms with Gasteiger partial charge in [0.1, 0.15) is 23.0 Å². The summed E-state index contributed by atoms with van der Waals surface area (Å²) in [5.74, 6) is 0.604. The number of rotatable bonds is 22. The molecule has 0 atom stereocenters. The lowest BCUT2D eigenvalue weighted by molar-refractivity contribution is 0.0730. The highest BCUT2D eigenvalue weighted by Gasteiger charge is 2.13. The summed E-state index contributed by atoms with van der Waals surface area (Å²) in [5.41, 5.74) is 1.70. The van der Waals surface area contributed by atoms with Gasteiger partial charge < -0.3 is 24.3 Å². The van der Waals surface area contributed by atoms with Crippen LogP contribution in [0.5, 0.6) is 23.0 Å². The van der Waals surface area contributed by atoms with Gasteiger partial charge in [0.2, 0.25) is 0 Å². The number of ether oxygens (including phenoxy) is 4. The Hall–Kier alpha value is -5.11. The molecule has 8 nitrogen and oxygen atoms in total. The van der Waals surface area contributed by atoms with E-state index in [1.54, 1.807) is 60.7 Å². The van der Waals surface area contributed by atoms with Crippen LogP contribution in [0.25, 0.3) is 0 Å². The van der Waals surface area contributed by atoms with E-state index >= 15 is 0 Å². The largest absolute Gasteiger partial charge is 0.494 e. The molecule has 0 spiro atoms. The van der Waals surface area contributed by atoms with Gasteiger partial charge in [0.25, 0.3) is 5.91 Å². The molecule has 4 aromatic rings. The van der Waals surface area contributed by atoms with Crippen molar-refractivity contribution in [3.8, 4) is 23.0 Å². The van der Waals surface area contributed by atoms with E-state index in [0.29, 0.717) is 41.5 Å². The molecule has 0 heterocycles. The number of esters is 2. The fourth-order valence-corrected chi connectivity index (χ4v) is 5.33. The van der Waals surface area contributed by atoms with Crippen molar-refractivity contribution in [2.75, 3.05) is 18.5 Å². The van der Waals surface area contributed by atoms with Gasteiger partial charge in [-0.1, -0.05) is 84.1 Å². The van der Waals surface area contributed by atoms with Crippen molar-refractivity contribution in [3.05, 3.63) is 114 Å². The third-order valence-corrected chi connectivity index (χ3v) is 8.34. The van der Waals surface area contributed by atoms with Gasteiger partial charge in [-0.05, 0) is 97.8 Å². The molecule has 0 saturated heterocycles. The molecule has 4 aromatic carbocycles. The number of anilines is 1. The summed E-state index contributed by atoms with van der Waals surface area (Å²) in [4.78, 5) is 38.2. The quantitative estimate of drug-likeness (QED) is 0.0497. The molecule has 0 radical (unpaired) electrons. The van der Waals surface area contributed by atoms with Crippen LogP contribution in [-0.2, 0) is 0 Å². The number of benzene rings is 4. The van der Waals surface area contributed by atoms with Crippen LogP contribution in [0, 0.1) is 0 Å². The molecule has 51 heavy (non-hydrogen) atoms. The standard InChI is InChI=1S/C43H51NO7/c1-3-5-7-8-9-10-11-12-13-14-31-48-37-24-20-34(21-25-37)42(46)51-39-28-22-35(23-29-39)43(47)50-38-26-18-33(19-27-38)41(45)44-36-16-15-17-40(32-36)49-30-6-4-2/h15-29,32H,3-14,30-31H2,1-2H3,(H,44,45).